The fourth-order valence-electron chi connectivity index (χ4n) is 0.919. The molecule has 0 aromatic rings. The molecule has 0 aliphatic carbocycles. The van der Waals surface area contributed by atoms with Crippen molar-refractivity contribution in [3.63, 3.8) is 0 Å². The molecule has 0 saturated carbocycles. The van der Waals surface area contributed by atoms with Gasteiger partial charge in [0.2, 0.25) is 0 Å². The van der Waals surface area contributed by atoms with E-state index in [9.17, 15) is 9.59 Å². The van der Waals surface area contributed by atoms with Gasteiger partial charge in [-0.2, -0.15) is 0 Å². The van der Waals surface area contributed by atoms with Crippen molar-refractivity contribution in [2.45, 2.75) is 6.04 Å². The Morgan fingerprint density at radius 1 is 1.86 bits per heavy atom. The van der Waals surface area contributed by atoms with Gasteiger partial charge in [-0.15, -0.1) is 0 Å². The molecule has 1 aliphatic heterocycles. The van der Waals surface area contributed by atoms with Crippen molar-refractivity contribution in [2.24, 2.45) is 0 Å². The predicted octanol–water partition coefficient (Wildman–Crippen LogP) is -5.95. The highest BCUT2D eigenvalue weighted by Gasteiger charge is 2.34. The number of carbonyl (C=O) groups is 2. The number of hydrogen-bond acceptors (Lipinski definition) is 4. The highest BCUT2D eigenvalue weighted by Crippen LogP contribution is 2.03. The molecule has 2 amide bonds. The summed E-state index contributed by atoms with van der Waals surface area (Å²) < 4.78 is 0. The molecule has 8 heteroatoms. The average Bonchev–Trinajstić information content (AvgIpc) is 2.37. The molecule has 0 spiro atoms. The van der Waals surface area contributed by atoms with Crippen LogP contribution >= 0.6 is 0 Å². The minimum absolute atomic E-state index is 0. The normalized spacial score (nSPS) is 20.6. The van der Waals surface area contributed by atoms with Crippen molar-refractivity contribution in [1.29, 1.82) is 0 Å². The number of hydroxylamine groups is 3. The lowest BCUT2D eigenvalue weighted by atomic mass is 10.3. The molecule has 1 fully saturated rings. The number of halogens is 1. The van der Waals surface area contributed by atoms with E-state index in [4.69, 9.17) is 4.84 Å². The van der Waals surface area contributed by atoms with Crippen LogP contribution in [-0.2, 0) is 19.3 Å². The number of hydrogen-bond donors (Lipinski definition) is 2. The van der Waals surface area contributed by atoms with Gasteiger partial charge in [-0.3, -0.25) is 19.3 Å². The van der Waals surface area contributed by atoms with Gasteiger partial charge in [0.1, 0.15) is 13.2 Å². The molecule has 1 unspecified atom stereocenters. The maximum atomic E-state index is 11.2. The Morgan fingerprint density at radius 3 is 2.93 bits per heavy atom. The molecule has 7 nitrogen and oxygen atoms in total. The first-order valence-electron chi connectivity index (χ1n) is 3.74. The van der Waals surface area contributed by atoms with E-state index in [1.807, 2.05) is 0 Å². The Hall–Kier alpha value is -0.890. The summed E-state index contributed by atoms with van der Waals surface area (Å²) in [7, 11) is 1.31. The molecule has 0 aromatic heterocycles. The second-order valence-electron chi connectivity index (χ2n) is 2.60. The largest absolute Gasteiger partial charge is 1.00 e. The van der Waals surface area contributed by atoms with Crippen molar-refractivity contribution in [3.05, 3.63) is 0 Å². The third-order valence-electron chi connectivity index (χ3n) is 1.53. The third-order valence-corrected chi connectivity index (χ3v) is 1.53. The number of quaternary nitrogens is 1. The minimum Gasteiger partial charge on any atom is -1.00 e. The number of carbonyl (C=O) groups excluding carboxylic acids is 2. The van der Waals surface area contributed by atoms with Crippen LogP contribution in [0.25, 0.3) is 0 Å². The standard InChI is InChI=1S/C6H11N3O4.ClH/c1-12-8-5(10)2-9-6(11)4(7)3-13-9;/h4H,2-3,7H2,1H3,(H,8,10);1H. The monoisotopic (exact) mass is 225 g/mol. The summed E-state index contributed by atoms with van der Waals surface area (Å²) in [5, 5.41) is 0.978. The molecule has 1 saturated heterocycles. The highest BCUT2D eigenvalue weighted by atomic mass is 35.5. The summed E-state index contributed by atoms with van der Waals surface area (Å²) in [6, 6.07) is -0.421. The van der Waals surface area contributed by atoms with Crippen LogP contribution in [0.4, 0.5) is 0 Å². The maximum Gasteiger partial charge on any atom is 0.307 e. The van der Waals surface area contributed by atoms with E-state index in [0.29, 0.717) is 0 Å². The Labute approximate surface area is 86.8 Å². The molecule has 1 atom stereocenters. The predicted molar refractivity (Wildman–Crippen MR) is 39.5 cm³/mol. The molecule has 0 bridgehead atoms. The van der Waals surface area contributed by atoms with Gasteiger partial charge in [0.25, 0.3) is 5.91 Å². The van der Waals surface area contributed by atoms with E-state index >= 15 is 0 Å². The van der Waals surface area contributed by atoms with E-state index in [2.05, 4.69) is 16.1 Å². The number of rotatable bonds is 3. The molecule has 1 rings (SSSR count). The SMILES string of the molecule is CONC(=O)CN1OCC([NH3+])C1=O.[Cl-]. The Bertz CT molecular complexity index is 225. The summed E-state index contributed by atoms with van der Waals surface area (Å²) in [5.74, 6) is -0.726. The van der Waals surface area contributed by atoms with E-state index in [1.165, 1.54) is 7.11 Å². The first-order valence-corrected chi connectivity index (χ1v) is 3.74. The zero-order chi connectivity index (χ0) is 9.84. The summed E-state index contributed by atoms with van der Waals surface area (Å²) in [6.45, 7) is 0.0534. The van der Waals surface area contributed by atoms with Crippen molar-refractivity contribution in [2.75, 3.05) is 20.3 Å². The van der Waals surface area contributed by atoms with Crippen LogP contribution < -0.4 is 23.6 Å². The van der Waals surface area contributed by atoms with Gasteiger partial charge in [-0.25, -0.2) is 10.5 Å². The molecule has 4 N–H and O–H groups in total. The van der Waals surface area contributed by atoms with E-state index in [-0.39, 0.29) is 31.5 Å². The zero-order valence-electron chi connectivity index (χ0n) is 7.66. The first kappa shape index (κ1) is 13.1. The second kappa shape index (κ2) is 5.76. The molecular formula is C6H12ClN3O4. The Morgan fingerprint density at radius 2 is 2.50 bits per heavy atom. The zero-order valence-corrected chi connectivity index (χ0v) is 8.41. The van der Waals surface area contributed by atoms with Crippen LogP contribution in [0.15, 0.2) is 0 Å². The van der Waals surface area contributed by atoms with Gasteiger partial charge in [-0.1, -0.05) is 0 Å². The fourth-order valence-corrected chi connectivity index (χ4v) is 0.919. The van der Waals surface area contributed by atoms with Crippen LogP contribution in [0, 0.1) is 0 Å². The summed E-state index contributed by atoms with van der Waals surface area (Å²) in [5.41, 5.74) is 5.62. The molecule has 1 heterocycles. The van der Waals surface area contributed by atoms with Crippen molar-refractivity contribution < 1.29 is 37.4 Å². The third kappa shape index (κ3) is 3.11. The molecule has 0 aromatic carbocycles. The molecule has 82 valence electrons. The van der Waals surface area contributed by atoms with E-state index < -0.39 is 11.9 Å². The Kier molecular flexibility index (Phi) is 5.39. The van der Waals surface area contributed by atoms with Gasteiger partial charge in [0.05, 0.1) is 7.11 Å². The van der Waals surface area contributed by atoms with Crippen LogP contribution in [0.3, 0.4) is 0 Å². The molecular weight excluding hydrogens is 214 g/mol. The van der Waals surface area contributed by atoms with Crippen LogP contribution in [0.1, 0.15) is 0 Å². The summed E-state index contributed by atoms with van der Waals surface area (Å²) in [6.07, 6.45) is 0. The van der Waals surface area contributed by atoms with Crippen LogP contribution in [-0.4, -0.2) is 43.2 Å². The molecule has 0 radical (unpaired) electrons. The highest BCUT2D eigenvalue weighted by molar-refractivity contribution is 5.86. The number of nitrogens with zero attached hydrogens (tertiary/aromatic N) is 1. The quantitative estimate of drug-likeness (QED) is 0.468. The minimum atomic E-state index is -0.440. The lowest BCUT2D eigenvalue weighted by Crippen LogP contribution is -3.00. The summed E-state index contributed by atoms with van der Waals surface area (Å²) >= 11 is 0. The summed E-state index contributed by atoms with van der Waals surface area (Å²) in [4.78, 5) is 31.4. The van der Waals surface area contributed by atoms with Gasteiger partial charge >= 0.3 is 5.91 Å². The van der Waals surface area contributed by atoms with Crippen molar-refractivity contribution in [1.82, 2.24) is 10.5 Å². The number of amides is 2. The Balaban J connectivity index is 0.00000169. The second-order valence-corrected chi connectivity index (χ2v) is 2.60. The van der Waals surface area contributed by atoms with Gasteiger partial charge in [0.15, 0.2) is 6.04 Å². The fraction of sp³-hybridized carbons (Fsp3) is 0.667. The topological polar surface area (TPSA) is 95.5 Å². The van der Waals surface area contributed by atoms with Crippen LogP contribution in [0.2, 0.25) is 0 Å². The van der Waals surface area contributed by atoms with Gasteiger partial charge in [0, 0.05) is 0 Å². The van der Waals surface area contributed by atoms with Crippen molar-refractivity contribution in [3.8, 4) is 0 Å². The van der Waals surface area contributed by atoms with E-state index in [1.54, 1.807) is 0 Å². The van der Waals surface area contributed by atoms with Crippen LogP contribution in [0.5, 0.6) is 0 Å². The molecule has 14 heavy (non-hydrogen) atoms. The van der Waals surface area contributed by atoms with Gasteiger partial charge < -0.3 is 18.1 Å². The smallest absolute Gasteiger partial charge is 0.307 e. The van der Waals surface area contributed by atoms with Gasteiger partial charge in [-0.05, 0) is 0 Å². The number of nitrogens with one attached hydrogen (secondary N) is 1. The lowest BCUT2D eigenvalue weighted by Gasteiger charge is -2.11. The van der Waals surface area contributed by atoms with Crippen molar-refractivity contribution >= 4 is 11.8 Å². The first-order chi connectivity index (χ1) is 6.15. The molecule has 1 aliphatic rings. The average molecular weight is 226 g/mol. The van der Waals surface area contributed by atoms with E-state index in [0.717, 1.165) is 5.06 Å². The lowest BCUT2D eigenvalue weighted by molar-refractivity contribution is -0.402. The maximum absolute atomic E-state index is 11.2.